The molecule has 2 aliphatic heterocycles. The number of rotatable bonds is 3. The Hall–Kier alpha value is -0.570. The monoisotopic (exact) mass is 237 g/mol. The maximum Gasteiger partial charge on any atom is 0.294 e. The molecule has 0 radical (unpaired) electrons. The molecule has 2 aliphatic rings. The van der Waals surface area contributed by atoms with Gasteiger partial charge in [-0.25, -0.2) is 0 Å². The highest BCUT2D eigenvalue weighted by Crippen LogP contribution is 2.31. The highest BCUT2D eigenvalue weighted by Gasteiger charge is 2.53. The van der Waals surface area contributed by atoms with Crippen LogP contribution in [-0.4, -0.2) is 52.7 Å². The summed E-state index contributed by atoms with van der Waals surface area (Å²) in [6.45, 7) is 0.417. The molecule has 0 aromatic heterocycles. The van der Waals surface area contributed by atoms with Gasteiger partial charge < -0.3 is 18.9 Å². The van der Waals surface area contributed by atoms with E-state index >= 15 is 0 Å². The average Bonchev–Trinajstić information content (AvgIpc) is 2.66. The fourth-order valence-corrected chi connectivity index (χ4v) is 2.80. The van der Waals surface area contributed by atoms with E-state index in [9.17, 15) is 14.7 Å². The Kier molecular flexibility index (Phi) is 3.01. The third-order valence-electron chi connectivity index (χ3n) is 2.61. The predicted octanol–water partition coefficient (Wildman–Crippen LogP) is -0.892. The zero-order valence-corrected chi connectivity index (χ0v) is 8.85. The minimum absolute atomic E-state index is 0.115. The Balaban J connectivity index is 1.99. The van der Waals surface area contributed by atoms with Crippen LogP contribution in [0.3, 0.4) is 0 Å². The molecule has 0 aromatic rings. The van der Waals surface area contributed by atoms with Crippen LogP contribution in [0.5, 0.6) is 0 Å². The maximum atomic E-state index is 11.3. The molecule has 8 heteroatoms. The van der Waals surface area contributed by atoms with E-state index in [0.29, 0.717) is 6.61 Å². The lowest BCUT2D eigenvalue weighted by Crippen LogP contribution is -2.37. The second-order valence-corrected chi connectivity index (χ2v) is 5.10. The lowest BCUT2D eigenvalue weighted by molar-refractivity contribution is -0.769. The van der Waals surface area contributed by atoms with Crippen LogP contribution in [0.15, 0.2) is 0 Å². The van der Waals surface area contributed by atoms with E-state index < -0.39 is 28.5 Å². The summed E-state index contributed by atoms with van der Waals surface area (Å²) in [6.07, 6.45) is 0.0604. The lowest BCUT2D eigenvalue weighted by atomic mass is 10.1. The van der Waals surface area contributed by atoms with Crippen LogP contribution in [0.4, 0.5) is 0 Å². The largest absolute Gasteiger partial charge is 0.616 e. The smallest absolute Gasteiger partial charge is 0.294 e. The summed E-state index contributed by atoms with van der Waals surface area (Å²) >= 11 is -1.05. The molecule has 0 N–H and O–H groups in total. The molecule has 2 rings (SSSR count). The average molecular weight is 237 g/mol. The molecule has 5 atom stereocenters. The molecule has 0 amide bonds. The molecule has 0 bridgehead atoms. The first kappa shape index (κ1) is 10.9. The van der Waals surface area contributed by atoms with Crippen LogP contribution in [-0.2, 0) is 25.5 Å². The van der Waals surface area contributed by atoms with Crippen molar-refractivity contribution in [2.75, 3.05) is 19.5 Å². The van der Waals surface area contributed by atoms with Gasteiger partial charge in [0.1, 0.15) is 12.2 Å². The van der Waals surface area contributed by atoms with E-state index in [-0.39, 0.29) is 18.0 Å². The van der Waals surface area contributed by atoms with Crippen LogP contribution in [0.1, 0.15) is 0 Å². The molecule has 2 heterocycles. The first-order chi connectivity index (χ1) is 7.09. The SMILES string of the molecule is C[S@@+]([O-])[C@H]1CO[C@@H]2C(O[N+](=O)[O-])CO[C@@H]21. The minimum atomic E-state index is -1.05. The summed E-state index contributed by atoms with van der Waals surface area (Å²) in [7, 11) is 0. The van der Waals surface area contributed by atoms with E-state index in [1.165, 1.54) is 0 Å². The third kappa shape index (κ3) is 2.03. The van der Waals surface area contributed by atoms with Crippen LogP contribution in [0.25, 0.3) is 0 Å². The molecule has 0 aliphatic carbocycles. The summed E-state index contributed by atoms with van der Waals surface area (Å²) in [5.41, 5.74) is 0. The second kappa shape index (κ2) is 4.12. The fraction of sp³-hybridized carbons (Fsp3) is 1.00. The van der Waals surface area contributed by atoms with Crippen LogP contribution in [0.2, 0.25) is 0 Å². The van der Waals surface area contributed by atoms with E-state index in [4.69, 9.17) is 9.47 Å². The van der Waals surface area contributed by atoms with Gasteiger partial charge in [0.25, 0.3) is 5.09 Å². The first-order valence-corrected chi connectivity index (χ1v) is 6.08. The van der Waals surface area contributed by atoms with Crippen molar-refractivity contribution < 1.29 is 24.0 Å². The standard InChI is InChI=1S/C7H11NO6S/c1-15(11)5-3-13-6-4(14-8(9)10)2-12-7(5)6/h4-7H,2-3H2,1H3/t4?,5-,6+,7+,15+/m0/s1. The molecule has 0 saturated carbocycles. The Morgan fingerprint density at radius 3 is 2.67 bits per heavy atom. The van der Waals surface area contributed by atoms with Crippen molar-refractivity contribution in [1.82, 2.24) is 0 Å². The number of hydrogen-bond acceptors (Lipinski definition) is 6. The van der Waals surface area contributed by atoms with Gasteiger partial charge in [-0.15, -0.1) is 10.1 Å². The predicted molar refractivity (Wildman–Crippen MR) is 49.2 cm³/mol. The van der Waals surface area contributed by atoms with Crippen molar-refractivity contribution in [2.24, 2.45) is 0 Å². The molecule has 0 spiro atoms. The van der Waals surface area contributed by atoms with Gasteiger partial charge in [-0.05, 0) is 11.2 Å². The van der Waals surface area contributed by atoms with E-state index in [2.05, 4.69) is 4.84 Å². The summed E-state index contributed by atoms with van der Waals surface area (Å²) in [4.78, 5) is 14.6. The lowest BCUT2D eigenvalue weighted by Gasteiger charge is -2.16. The molecule has 0 aromatic carbocycles. The first-order valence-electron chi connectivity index (χ1n) is 4.46. The molecule has 15 heavy (non-hydrogen) atoms. The van der Waals surface area contributed by atoms with Gasteiger partial charge in [0.15, 0.2) is 11.4 Å². The second-order valence-electron chi connectivity index (χ2n) is 3.50. The normalized spacial score (nSPS) is 41.2. The Morgan fingerprint density at radius 1 is 1.40 bits per heavy atom. The Bertz CT molecular complexity index is 262. The minimum Gasteiger partial charge on any atom is -0.616 e. The number of nitrogens with zero attached hydrogens (tertiary/aromatic N) is 1. The van der Waals surface area contributed by atoms with Crippen molar-refractivity contribution in [1.29, 1.82) is 0 Å². The highest BCUT2D eigenvalue weighted by molar-refractivity contribution is 7.91. The quantitative estimate of drug-likeness (QED) is 0.359. The van der Waals surface area contributed by atoms with Gasteiger partial charge in [-0.1, -0.05) is 0 Å². The molecule has 7 nitrogen and oxygen atoms in total. The van der Waals surface area contributed by atoms with Gasteiger partial charge in [-0.3, -0.25) is 0 Å². The Labute approximate surface area is 89.0 Å². The van der Waals surface area contributed by atoms with E-state index in [0.717, 1.165) is 0 Å². The maximum absolute atomic E-state index is 11.3. The summed E-state index contributed by atoms with van der Waals surface area (Å²) in [5, 5.41) is 9.11. The van der Waals surface area contributed by atoms with Crippen LogP contribution < -0.4 is 0 Å². The molecule has 2 fully saturated rings. The molecular formula is C7H11NO6S. The molecular weight excluding hydrogens is 226 g/mol. The number of hydrogen-bond donors (Lipinski definition) is 0. The molecule has 2 saturated heterocycles. The van der Waals surface area contributed by atoms with E-state index in [1.54, 1.807) is 6.26 Å². The van der Waals surface area contributed by atoms with Gasteiger partial charge in [0.05, 0.1) is 19.5 Å². The van der Waals surface area contributed by atoms with Gasteiger partial charge >= 0.3 is 0 Å². The molecule has 1 unspecified atom stereocenters. The van der Waals surface area contributed by atoms with Crippen molar-refractivity contribution in [3.8, 4) is 0 Å². The summed E-state index contributed by atoms with van der Waals surface area (Å²) in [6, 6.07) is 0. The summed E-state index contributed by atoms with van der Waals surface area (Å²) < 4.78 is 21.9. The van der Waals surface area contributed by atoms with Gasteiger partial charge in [0.2, 0.25) is 0 Å². The van der Waals surface area contributed by atoms with Crippen LogP contribution in [0, 0.1) is 10.1 Å². The number of ether oxygens (including phenoxy) is 2. The molecule has 86 valence electrons. The van der Waals surface area contributed by atoms with Crippen molar-refractivity contribution in [3.63, 3.8) is 0 Å². The van der Waals surface area contributed by atoms with Crippen molar-refractivity contribution >= 4 is 11.2 Å². The van der Waals surface area contributed by atoms with Crippen molar-refractivity contribution in [2.45, 2.75) is 23.6 Å². The zero-order chi connectivity index (χ0) is 11.0. The van der Waals surface area contributed by atoms with Gasteiger partial charge in [-0.2, -0.15) is 0 Å². The summed E-state index contributed by atoms with van der Waals surface area (Å²) in [5.74, 6) is 0. The van der Waals surface area contributed by atoms with E-state index in [1.807, 2.05) is 0 Å². The Morgan fingerprint density at radius 2 is 2.07 bits per heavy atom. The number of fused-ring (bicyclic) bond motifs is 1. The van der Waals surface area contributed by atoms with Crippen LogP contribution >= 0.6 is 0 Å². The third-order valence-corrected chi connectivity index (χ3v) is 3.87. The van der Waals surface area contributed by atoms with Crippen molar-refractivity contribution in [3.05, 3.63) is 10.1 Å². The topological polar surface area (TPSA) is 93.9 Å². The van der Waals surface area contributed by atoms with Gasteiger partial charge in [0, 0.05) is 0 Å². The fourth-order valence-electron chi connectivity index (χ4n) is 1.91. The zero-order valence-electron chi connectivity index (χ0n) is 8.03. The highest BCUT2D eigenvalue weighted by atomic mass is 32.2.